The van der Waals surface area contributed by atoms with Gasteiger partial charge in [0, 0.05) is 10.7 Å². The van der Waals surface area contributed by atoms with Crippen LogP contribution in [0.4, 0.5) is 5.69 Å². The molecular weight excluding hydrogens is 353 g/mol. The van der Waals surface area contributed by atoms with Gasteiger partial charge in [-0.1, -0.05) is 29.3 Å². The number of benzene rings is 2. The van der Waals surface area contributed by atoms with Gasteiger partial charge in [0.05, 0.1) is 10.6 Å². The van der Waals surface area contributed by atoms with E-state index in [1.54, 1.807) is 38.1 Å². The number of ether oxygens (including phenoxy) is 1. The predicted molar refractivity (Wildman–Crippen MR) is 93.3 cm³/mol. The topological polar surface area (TPSA) is 75.6 Å². The molecule has 2 aromatic rings. The number of halogens is 2. The number of rotatable bonds is 5. The van der Waals surface area contributed by atoms with Crippen LogP contribution in [0.25, 0.3) is 0 Å². The van der Waals surface area contributed by atoms with Crippen molar-refractivity contribution in [3.8, 4) is 5.75 Å². The van der Waals surface area contributed by atoms with E-state index in [1.807, 2.05) is 0 Å². The Hall–Kier alpha value is -2.24. The van der Waals surface area contributed by atoms with Crippen LogP contribution in [0, 0.1) is 6.92 Å². The number of carbonyl (C=O) groups is 2. The van der Waals surface area contributed by atoms with Crippen LogP contribution in [-0.2, 0) is 4.79 Å². The summed E-state index contributed by atoms with van der Waals surface area (Å²) >= 11 is 11.8. The van der Waals surface area contributed by atoms with Crippen molar-refractivity contribution >= 4 is 40.8 Å². The summed E-state index contributed by atoms with van der Waals surface area (Å²) in [7, 11) is 0. The first-order valence-electron chi connectivity index (χ1n) is 7.05. The van der Waals surface area contributed by atoms with Gasteiger partial charge in [-0.25, -0.2) is 4.79 Å². The van der Waals surface area contributed by atoms with Crippen molar-refractivity contribution in [3.63, 3.8) is 0 Å². The Morgan fingerprint density at radius 1 is 1.21 bits per heavy atom. The van der Waals surface area contributed by atoms with E-state index in [2.05, 4.69) is 5.32 Å². The molecule has 0 heterocycles. The van der Waals surface area contributed by atoms with Crippen molar-refractivity contribution in [2.75, 3.05) is 5.32 Å². The van der Waals surface area contributed by atoms with E-state index in [9.17, 15) is 9.59 Å². The summed E-state index contributed by atoms with van der Waals surface area (Å²) in [5.41, 5.74) is 1.01. The fourth-order valence-corrected chi connectivity index (χ4v) is 2.50. The van der Waals surface area contributed by atoms with E-state index in [0.29, 0.717) is 27.0 Å². The Bertz CT molecular complexity index is 792. The SMILES string of the molecule is Cc1c(NC(=O)[C@H](C)Oc2ccc(Cl)cc2Cl)cccc1C(=O)O. The second kappa shape index (κ2) is 7.55. The molecular formula is C17H15Cl2NO4. The Kier molecular flexibility index (Phi) is 5.70. The van der Waals surface area contributed by atoms with Gasteiger partial charge in [-0.3, -0.25) is 4.79 Å². The van der Waals surface area contributed by atoms with Gasteiger partial charge in [-0.2, -0.15) is 0 Å². The molecule has 5 nitrogen and oxygen atoms in total. The van der Waals surface area contributed by atoms with Gasteiger partial charge in [-0.15, -0.1) is 0 Å². The Labute approximate surface area is 149 Å². The maximum atomic E-state index is 12.3. The lowest BCUT2D eigenvalue weighted by Gasteiger charge is -2.17. The number of carboxylic acids is 1. The number of carboxylic acid groups (broad SMARTS) is 1. The molecule has 1 atom stereocenters. The normalized spacial score (nSPS) is 11.7. The van der Waals surface area contributed by atoms with Crippen LogP contribution in [0.5, 0.6) is 5.75 Å². The van der Waals surface area contributed by atoms with Crippen LogP contribution in [-0.4, -0.2) is 23.1 Å². The molecule has 2 N–H and O–H groups in total. The average Bonchev–Trinajstić information content (AvgIpc) is 2.51. The van der Waals surface area contributed by atoms with Crippen molar-refractivity contribution in [1.29, 1.82) is 0 Å². The number of aromatic carboxylic acids is 1. The molecule has 126 valence electrons. The zero-order valence-corrected chi connectivity index (χ0v) is 14.5. The number of anilines is 1. The monoisotopic (exact) mass is 367 g/mol. The number of carbonyl (C=O) groups excluding carboxylic acids is 1. The highest BCUT2D eigenvalue weighted by Crippen LogP contribution is 2.28. The lowest BCUT2D eigenvalue weighted by atomic mass is 10.1. The third-order valence-electron chi connectivity index (χ3n) is 3.39. The number of hydrogen-bond acceptors (Lipinski definition) is 3. The minimum atomic E-state index is -1.05. The average molecular weight is 368 g/mol. The highest BCUT2D eigenvalue weighted by atomic mass is 35.5. The van der Waals surface area contributed by atoms with Crippen LogP contribution in [0.3, 0.4) is 0 Å². The van der Waals surface area contributed by atoms with Crippen LogP contribution in [0.15, 0.2) is 36.4 Å². The second-order valence-corrected chi connectivity index (χ2v) is 5.95. The highest BCUT2D eigenvalue weighted by Gasteiger charge is 2.18. The fraction of sp³-hybridized carbons (Fsp3) is 0.176. The van der Waals surface area contributed by atoms with E-state index in [1.165, 1.54) is 12.1 Å². The third kappa shape index (κ3) is 4.19. The van der Waals surface area contributed by atoms with Gasteiger partial charge in [0.2, 0.25) is 0 Å². The number of hydrogen-bond donors (Lipinski definition) is 2. The molecule has 0 unspecified atom stereocenters. The quantitative estimate of drug-likeness (QED) is 0.820. The standard InChI is InChI=1S/C17H15Cl2NO4/c1-9-12(17(22)23)4-3-5-14(9)20-16(21)10(2)24-15-7-6-11(18)8-13(15)19/h3-8,10H,1-2H3,(H,20,21)(H,22,23)/t10-/m0/s1. The van der Waals surface area contributed by atoms with Crippen molar-refractivity contribution in [2.24, 2.45) is 0 Å². The largest absolute Gasteiger partial charge is 0.479 e. The molecule has 0 aromatic heterocycles. The molecule has 2 aromatic carbocycles. The molecule has 0 bridgehead atoms. The first kappa shape index (κ1) is 18.1. The van der Waals surface area contributed by atoms with Gasteiger partial charge >= 0.3 is 5.97 Å². The Balaban J connectivity index is 2.12. The molecule has 0 saturated heterocycles. The molecule has 2 rings (SSSR count). The van der Waals surface area contributed by atoms with Crippen LogP contribution in [0.1, 0.15) is 22.8 Å². The van der Waals surface area contributed by atoms with Crippen molar-refractivity contribution in [3.05, 3.63) is 57.6 Å². The summed E-state index contributed by atoms with van der Waals surface area (Å²) in [5, 5.41) is 12.5. The molecule has 0 aliphatic carbocycles. The molecule has 0 saturated carbocycles. The minimum Gasteiger partial charge on any atom is -0.479 e. The number of nitrogens with one attached hydrogen (secondary N) is 1. The Morgan fingerprint density at radius 3 is 2.54 bits per heavy atom. The molecule has 1 amide bonds. The molecule has 24 heavy (non-hydrogen) atoms. The molecule has 0 aliphatic heterocycles. The first-order chi connectivity index (χ1) is 11.3. The zero-order chi connectivity index (χ0) is 17.9. The predicted octanol–water partition coefficient (Wildman–Crippen LogP) is 4.41. The smallest absolute Gasteiger partial charge is 0.336 e. The third-order valence-corrected chi connectivity index (χ3v) is 3.92. The van der Waals surface area contributed by atoms with Crippen molar-refractivity contribution < 1.29 is 19.4 Å². The van der Waals surface area contributed by atoms with Gasteiger partial charge in [-0.05, 0) is 49.7 Å². The van der Waals surface area contributed by atoms with E-state index in [0.717, 1.165) is 0 Å². The van der Waals surface area contributed by atoms with Crippen LogP contribution < -0.4 is 10.1 Å². The minimum absolute atomic E-state index is 0.127. The van der Waals surface area contributed by atoms with Crippen LogP contribution >= 0.6 is 23.2 Å². The lowest BCUT2D eigenvalue weighted by Crippen LogP contribution is -2.30. The van der Waals surface area contributed by atoms with Crippen molar-refractivity contribution in [2.45, 2.75) is 20.0 Å². The summed E-state index contributed by atoms with van der Waals surface area (Å²) in [5.74, 6) is -1.15. The van der Waals surface area contributed by atoms with E-state index >= 15 is 0 Å². The van der Waals surface area contributed by atoms with Crippen LogP contribution in [0.2, 0.25) is 10.0 Å². The second-order valence-electron chi connectivity index (χ2n) is 5.11. The number of amides is 1. The van der Waals surface area contributed by atoms with Crippen molar-refractivity contribution in [1.82, 2.24) is 0 Å². The molecule has 0 aliphatic rings. The first-order valence-corrected chi connectivity index (χ1v) is 7.80. The molecule has 0 spiro atoms. The molecule has 7 heteroatoms. The fourth-order valence-electron chi connectivity index (χ4n) is 2.05. The highest BCUT2D eigenvalue weighted by molar-refractivity contribution is 6.35. The van der Waals surface area contributed by atoms with Gasteiger partial charge < -0.3 is 15.2 Å². The Morgan fingerprint density at radius 2 is 1.92 bits per heavy atom. The summed E-state index contributed by atoms with van der Waals surface area (Å²) in [6.07, 6.45) is -0.837. The summed E-state index contributed by atoms with van der Waals surface area (Å²) in [4.78, 5) is 23.4. The molecule has 0 fully saturated rings. The summed E-state index contributed by atoms with van der Waals surface area (Å²) in [6.45, 7) is 3.19. The summed E-state index contributed by atoms with van der Waals surface area (Å²) < 4.78 is 5.53. The zero-order valence-electron chi connectivity index (χ0n) is 13.0. The van der Waals surface area contributed by atoms with Gasteiger partial charge in [0.25, 0.3) is 5.91 Å². The van der Waals surface area contributed by atoms with E-state index in [-0.39, 0.29) is 5.56 Å². The molecule has 0 radical (unpaired) electrons. The van der Waals surface area contributed by atoms with Gasteiger partial charge in [0.15, 0.2) is 6.10 Å². The van der Waals surface area contributed by atoms with E-state index < -0.39 is 18.0 Å². The van der Waals surface area contributed by atoms with Gasteiger partial charge in [0.1, 0.15) is 5.75 Å². The lowest BCUT2D eigenvalue weighted by molar-refractivity contribution is -0.122. The maximum absolute atomic E-state index is 12.3. The maximum Gasteiger partial charge on any atom is 0.336 e. The summed E-state index contributed by atoms with van der Waals surface area (Å²) in [6, 6.07) is 9.36. The van der Waals surface area contributed by atoms with E-state index in [4.69, 9.17) is 33.0 Å².